The Labute approximate surface area is 130 Å². The minimum absolute atomic E-state index is 0.219. The van der Waals surface area contributed by atoms with Crippen molar-refractivity contribution in [2.24, 2.45) is 0 Å². The van der Waals surface area contributed by atoms with Crippen molar-refractivity contribution in [3.05, 3.63) is 36.3 Å². The van der Waals surface area contributed by atoms with E-state index in [0.29, 0.717) is 0 Å². The van der Waals surface area contributed by atoms with Gasteiger partial charge in [-0.2, -0.15) is 0 Å². The first-order chi connectivity index (χ1) is 10.8. The molecular formula is C16H21N5O. The molecule has 0 saturated carbocycles. The SMILES string of the molecule is Cc1nc(-c2ccccn2)cc(N2CCN(CCO)CC2)n1. The number of aromatic nitrogens is 3. The number of pyridine rings is 1. The van der Waals surface area contributed by atoms with Crippen LogP contribution >= 0.6 is 0 Å². The molecule has 1 aliphatic heterocycles. The Kier molecular flexibility index (Phi) is 4.60. The van der Waals surface area contributed by atoms with Gasteiger partial charge in [0.2, 0.25) is 0 Å². The van der Waals surface area contributed by atoms with E-state index in [-0.39, 0.29) is 6.61 Å². The zero-order valence-electron chi connectivity index (χ0n) is 12.8. The molecule has 0 aliphatic carbocycles. The zero-order chi connectivity index (χ0) is 15.4. The first kappa shape index (κ1) is 14.9. The number of aryl methyl sites for hydroxylation is 1. The second-order valence-corrected chi connectivity index (χ2v) is 5.43. The van der Waals surface area contributed by atoms with Crippen LogP contribution in [0.15, 0.2) is 30.5 Å². The van der Waals surface area contributed by atoms with E-state index in [9.17, 15) is 0 Å². The molecule has 1 aliphatic rings. The monoisotopic (exact) mass is 299 g/mol. The molecule has 0 radical (unpaired) electrons. The minimum Gasteiger partial charge on any atom is -0.395 e. The molecule has 3 heterocycles. The Morgan fingerprint density at radius 2 is 1.91 bits per heavy atom. The third kappa shape index (κ3) is 3.40. The van der Waals surface area contributed by atoms with Gasteiger partial charge in [-0.15, -0.1) is 0 Å². The summed E-state index contributed by atoms with van der Waals surface area (Å²) in [6, 6.07) is 7.84. The summed E-state index contributed by atoms with van der Waals surface area (Å²) in [5.74, 6) is 1.72. The van der Waals surface area contributed by atoms with Gasteiger partial charge in [-0.05, 0) is 19.1 Å². The number of aliphatic hydroxyl groups is 1. The lowest BCUT2D eigenvalue weighted by Gasteiger charge is -2.35. The molecule has 1 fully saturated rings. The molecule has 22 heavy (non-hydrogen) atoms. The zero-order valence-corrected chi connectivity index (χ0v) is 12.8. The molecule has 0 atom stereocenters. The van der Waals surface area contributed by atoms with Gasteiger partial charge in [0, 0.05) is 45.0 Å². The van der Waals surface area contributed by atoms with Crippen molar-refractivity contribution in [1.29, 1.82) is 0 Å². The maximum Gasteiger partial charge on any atom is 0.133 e. The predicted molar refractivity (Wildman–Crippen MR) is 85.7 cm³/mol. The molecule has 116 valence electrons. The highest BCUT2D eigenvalue weighted by atomic mass is 16.3. The fourth-order valence-corrected chi connectivity index (χ4v) is 2.70. The van der Waals surface area contributed by atoms with Crippen LogP contribution in [0, 0.1) is 6.92 Å². The predicted octanol–water partition coefficient (Wildman–Crippen LogP) is 0.961. The van der Waals surface area contributed by atoms with Crippen LogP contribution in [0.25, 0.3) is 11.4 Å². The number of piperazine rings is 1. The molecule has 2 aromatic heterocycles. The third-order valence-corrected chi connectivity index (χ3v) is 3.86. The van der Waals surface area contributed by atoms with Crippen molar-refractivity contribution >= 4 is 5.82 Å². The quantitative estimate of drug-likeness (QED) is 0.907. The summed E-state index contributed by atoms with van der Waals surface area (Å²) < 4.78 is 0. The van der Waals surface area contributed by atoms with Crippen LogP contribution < -0.4 is 4.90 Å². The molecule has 6 nitrogen and oxygen atoms in total. The molecule has 1 N–H and O–H groups in total. The molecule has 2 aromatic rings. The Bertz CT molecular complexity index is 611. The highest BCUT2D eigenvalue weighted by Gasteiger charge is 2.18. The number of hydrogen-bond donors (Lipinski definition) is 1. The fraction of sp³-hybridized carbons (Fsp3) is 0.438. The van der Waals surface area contributed by atoms with E-state index >= 15 is 0 Å². The average molecular weight is 299 g/mol. The van der Waals surface area contributed by atoms with Crippen LogP contribution in [0.1, 0.15) is 5.82 Å². The highest BCUT2D eigenvalue weighted by Crippen LogP contribution is 2.21. The molecule has 0 spiro atoms. The average Bonchev–Trinajstić information content (AvgIpc) is 2.56. The van der Waals surface area contributed by atoms with Gasteiger partial charge in [-0.25, -0.2) is 9.97 Å². The largest absolute Gasteiger partial charge is 0.395 e. The van der Waals surface area contributed by atoms with Gasteiger partial charge < -0.3 is 10.0 Å². The lowest BCUT2D eigenvalue weighted by atomic mass is 10.2. The summed E-state index contributed by atoms with van der Waals surface area (Å²) in [7, 11) is 0. The van der Waals surface area contributed by atoms with Gasteiger partial charge in [0.05, 0.1) is 18.0 Å². The highest BCUT2D eigenvalue weighted by molar-refractivity contribution is 5.59. The maximum atomic E-state index is 9.02. The van der Waals surface area contributed by atoms with Crippen molar-refractivity contribution in [2.45, 2.75) is 6.92 Å². The van der Waals surface area contributed by atoms with Crippen LogP contribution in [0.4, 0.5) is 5.82 Å². The number of nitrogens with zero attached hydrogens (tertiary/aromatic N) is 5. The minimum atomic E-state index is 0.219. The second kappa shape index (κ2) is 6.81. The molecule has 6 heteroatoms. The molecule has 0 unspecified atom stereocenters. The normalized spacial score (nSPS) is 16.0. The van der Waals surface area contributed by atoms with Crippen LogP contribution in [0.2, 0.25) is 0 Å². The number of rotatable bonds is 4. The smallest absolute Gasteiger partial charge is 0.133 e. The molecule has 1 saturated heterocycles. The Morgan fingerprint density at radius 1 is 1.09 bits per heavy atom. The van der Waals surface area contributed by atoms with Crippen LogP contribution in [-0.2, 0) is 0 Å². The lowest BCUT2D eigenvalue weighted by Crippen LogP contribution is -2.47. The Balaban J connectivity index is 1.79. The van der Waals surface area contributed by atoms with E-state index in [0.717, 1.165) is 55.8 Å². The molecule has 0 bridgehead atoms. The number of β-amino-alcohol motifs (C(OH)–C–C–N with tert-alkyl or cyclic N) is 1. The third-order valence-electron chi connectivity index (χ3n) is 3.86. The van der Waals surface area contributed by atoms with Gasteiger partial charge in [-0.1, -0.05) is 6.07 Å². The summed E-state index contributed by atoms with van der Waals surface area (Å²) in [5, 5.41) is 9.02. The lowest BCUT2D eigenvalue weighted by molar-refractivity contribution is 0.188. The molecule has 0 amide bonds. The molecule has 0 aromatic carbocycles. The van der Waals surface area contributed by atoms with Crippen LogP contribution in [0.3, 0.4) is 0 Å². The van der Waals surface area contributed by atoms with E-state index < -0.39 is 0 Å². The first-order valence-electron chi connectivity index (χ1n) is 7.61. The van der Waals surface area contributed by atoms with Crippen LogP contribution in [-0.4, -0.2) is 64.3 Å². The Morgan fingerprint density at radius 3 is 2.59 bits per heavy atom. The van der Waals surface area contributed by atoms with Crippen molar-refractivity contribution in [3.8, 4) is 11.4 Å². The summed E-state index contributed by atoms with van der Waals surface area (Å²) in [6.45, 7) is 6.60. The first-order valence-corrected chi connectivity index (χ1v) is 7.61. The number of aliphatic hydroxyl groups excluding tert-OH is 1. The molecular weight excluding hydrogens is 278 g/mol. The van der Waals surface area contributed by atoms with E-state index in [2.05, 4.69) is 24.8 Å². The van der Waals surface area contributed by atoms with Crippen molar-refractivity contribution in [3.63, 3.8) is 0 Å². The van der Waals surface area contributed by atoms with Crippen molar-refractivity contribution in [2.75, 3.05) is 44.2 Å². The van der Waals surface area contributed by atoms with E-state index in [1.807, 2.05) is 31.2 Å². The Hall–Kier alpha value is -2.05. The topological polar surface area (TPSA) is 65.4 Å². The second-order valence-electron chi connectivity index (χ2n) is 5.43. The van der Waals surface area contributed by atoms with Crippen molar-refractivity contribution in [1.82, 2.24) is 19.9 Å². The summed E-state index contributed by atoms with van der Waals surface area (Å²) in [6.07, 6.45) is 1.78. The van der Waals surface area contributed by atoms with Crippen molar-refractivity contribution < 1.29 is 5.11 Å². The van der Waals surface area contributed by atoms with E-state index in [1.54, 1.807) is 6.20 Å². The fourth-order valence-electron chi connectivity index (χ4n) is 2.70. The van der Waals surface area contributed by atoms with Gasteiger partial charge >= 0.3 is 0 Å². The van der Waals surface area contributed by atoms with E-state index in [4.69, 9.17) is 5.11 Å². The van der Waals surface area contributed by atoms with E-state index in [1.165, 1.54) is 0 Å². The summed E-state index contributed by atoms with van der Waals surface area (Å²) in [5.41, 5.74) is 1.73. The number of anilines is 1. The standard InChI is InChI=1S/C16H21N5O/c1-13-18-15(14-4-2-3-5-17-14)12-16(19-13)21-8-6-20(7-9-21)10-11-22/h2-5,12,22H,6-11H2,1H3. The van der Waals surface area contributed by atoms with Gasteiger partial charge in [0.15, 0.2) is 0 Å². The summed E-state index contributed by atoms with van der Waals surface area (Å²) >= 11 is 0. The van der Waals surface area contributed by atoms with Crippen LogP contribution in [0.5, 0.6) is 0 Å². The molecule has 3 rings (SSSR count). The maximum absolute atomic E-state index is 9.02. The summed E-state index contributed by atoms with van der Waals surface area (Å²) in [4.78, 5) is 18.0. The number of hydrogen-bond acceptors (Lipinski definition) is 6. The van der Waals surface area contributed by atoms with Gasteiger partial charge in [-0.3, -0.25) is 9.88 Å². The van der Waals surface area contributed by atoms with Gasteiger partial charge in [0.1, 0.15) is 11.6 Å². The van der Waals surface area contributed by atoms with Gasteiger partial charge in [0.25, 0.3) is 0 Å².